The van der Waals surface area contributed by atoms with Gasteiger partial charge < -0.3 is 4.74 Å². The van der Waals surface area contributed by atoms with Crippen molar-refractivity contribution in [2.24, 2.45) is 4.99 Å². The van der Waals surface area contributed by atoms with E-state index >= 15 is 0 Å². The zero-order valence-corrected chi connectivity index (χ0v) is 15.2. The molecule has 0 N–H and O–H groups in total. The van der Waals surface area contributed by atoms with Crippen LogP contribution in [0.1, 0.15) is 5.56 Å². The van der Waals surface area contributed by atoms with Gasteiger partial charge in [-0.25, -0.2) is 0 Å². The Labute approximate surface area is 158 Å². The number of aliphatic imine (C=N–C) groups is 1. The monoisotopic (exact) mass is 444 g/mol. The summed E-state index contributed by atoms with van der Waals surface area (Å²) < 4.78 is 6.84. The van der Waals surface area contributed by atoms with Crippen molar-refractivity contribution < 1.29 is 9.66 Å². The van der Waals surface area contributed by atoms with Crippen LogP contribution in [0.4, 0.5) is 11.4 Å². The van der Waals surface area contributed by atoms with Crippen molar-refractivity contribution in [3.8, 4) is 11.5 Å². The Balaban J connectivity index is 1.98. The van der Waals surface area contributed by atoms with Gasteiger partial charge in [-0.05, 0) is 52.9 Å². The number of halogens is 1. The SMILES string of the molecule is O=[N+]([O-])c1ccc(Oc2ccccc2)c(C=Nc2ccccc2I)c1. The second-order valence-corrected chi connectivity index (χ2v) is 6.27. The van der Waals surface area contributed by atoms with Crippen LogP contribution in [0.2, 0.25) is 0 Å². The largest absolute Gasteiger partial charge is 0.457 e. The van der Waals surface area contributed by atoms with Gasteiger partial charge in [0.25, 0.3) is 5.69 Å². The molecule has 0 aliphatic carbocycles. The van der Waals surface area contributed by atoms with Gasteiger partial charge in [0.15, 0.2) is 0 Å². The first-order valence-corrected chi connectivity index (χ1v) is 8.51. The van der Waals surface area contributed by atoms with Crippen LogP contribution in [0.25, 0.3) is 0 Å². The van der Waals surface area contributed by atoms with Gasteiger partial charge in [-0.1, -0.05) is 30.3 Å². The minimum atomic E-state index is -0.435. The third kappa shape index (κ3) is 4.42. The van der Waals surface area contributed by atoms with Crippen LogP contribution in [0.3, 0.4) is 0 Å². The lowest BCUT2D eigenvalue weighted by Gasteiger charge is -2.08. The first-order chi connectivity index (χ1) is 12.1. The van der Waals surface area contributed by atoms with Crippen molar-refractivity contribution >= 4 is 40.2 Å². The summed E-state index contributed by atoms with van der Waals surface area (Å²) in [6, 6.07) is 21.4. The summed E-state index contributed by atoms with van der Waals surface area (Å²) in [6.07, 6.45) is 1.59. The number of non-ortho nitro benzene ring substituents is 1. The van der Waals surface area contributed by atoms with E-state index in [1.54, 1.807) is 12.3 Å². The Bertz CT molecular complexity index is 927. The Kier molecular flexibility index (Phi) is 5.39. The predicted molar refractivity (Wildman–Crippen MR) is 106 cm³/mol. The average molecular weight is 444 g/mol. The Morgan fingerprint density at radius 3 is 2.44 bits per heavy atom. The highest BCUT2D eigenvalue weighted by molar-refractivity contribution is 14.1. The molecule has 0 aliphatic heterocycles. The lowest BCUT2D eigenvalue weighted by Crippen LogP contribution is -1.94. The molecule has 0 radical (unpaired) electrons. The number of ether oxygens (including phenoxy) is 1. The first-order valence-electron chi connectivity index (χ1n) is 7.43. The molecule has 3 aromatic rings. The zero-order valence-electron chi connectivity index (χ0n) is 13.0. The molecular formula is C19H13IN2O3. The summed E-state index contributed by atoms with van der Waals surface area (Å²) in [5, 5.41) is 11.1. The van der Waals surface area contributed by atoms with Crippen molar-refractivity contribution in [1.82, 2.24) is 0 Å². The molecule has 0 bridgehead atoms. The van der Waals surface area contributed by atoms with Crippen LogP contribution in [0.5, 0.6) is 11.5 Å². The van der Waals surface area contributed by atoms with Gasteiger partial charge in [-0.3, -0.25) is 15.1 Å². The molecule has 0 atom stereocenters. The molecule has 0 spiro atoms. The highest BCUT2D eigenvalue weighted by Crippen LogP contribution is 2.28. The quantitative estimate of drug-likeness (QED) is 0.218. The van der Waals surface area contributed by atoms with E-state index in [4.69, 9.17) is 4.74 Å². The van der Waals surface area contributed by atoms with Crippen LogP contribution < -0.4 is 4.74 Å². The maximum Gasteiger partial charge on any atom is 0.270 e. The molecular weight excluding hydrogens is 431 g/mol. The third-order valence-corrected chi connectivity index (χ3v) is 4.28. The minimum absolute atomic E-state index is 0.00961. The number of nitro benzene ring substituents is 1. The van der Waals surface area contributed by atoms with E-state index in [0.29, 0.717) is 17.1 Å². The number of hydrogen-bond donors (Lipinski definition) is 0. The number of para-hydroxylation sites is 2. The number of rotatable bonds is 5. The average Bonchev–Trinajstić information content (AvgIpc) is 2.62. The lowest BCUT2D eigenvalue weighted by atomic mass is 10.2. The molecule has 0 aromatic heterocycles. The van der Waals surface area contributed by atoms with E-state index in [1.165, 1.54) is 12.1 Å². The van der Waals surface area contributed by atoms with Crippen molar-refractivity contribution in [3.05, 3.63) is 92.0 Å². The van der Waals surface area contributed by atoms with Crippen molar-refractivity contribution in [1.29, 1.82) is 0 Å². The molecule has 0 aliphatic rings. The standard InChI is InChI=1S/C19H13IN2O3/c20-17-8-4-5-9-18(17)21-13-14-12-15(22(23)24)10-11-19(14)25-16-6-2-1-3-7-16/h1-13H. The lowest BCUT2D eigenvalue weighted by molar-refractivity contribution is -0.384. The fourth-order valence-corrected chi connectivity index (χ4v) is 2.68. The molecule has 0 amide bonds. The molecule has 3 rings (SSSR count). The number of hydrogen-bond acceptors (Lipinski definition) is 4. The second-order valence-electron chi connectivity index (χ2n) is 5.10. The molecule has 3 aromatic carbocycles. The summed E-state index contributed by atoms with van der Waals surface area (Å²) in [7, 11) is 0. The van der Waals surface area contributed by atoms with Crippen molar-refractivity contribution in [2.75, 3.05) is 0 Å². The van der Waals surface area contributed by atoms with Gasteiger partial charge in [-0.2, -0.15) is 0 Å². The minimum Gasteiger partial charge on any atom is -0.457 e. The van der Waals surface area contributed by atoms with Gasteiger partial charge in [0, 0.05) is 27.5 Å². The molecule has 124 valence electrons. The Morgan fingerprint density at radius 1 is 1.00 bits per heavy atom. The summed E-state index contributed by atoms with van der Waals surface area (Å²) in [5.41, 5.74) is 1.32. The molecule has 0 fully saturated rings. The fraction of sp³-hybridized carbons (Fsp3) is 0. The highest BCUT2D eigenvalue weighted by atomic mass is 127. The molecule has 0 unspecified atom stereocenters. The fourth-order valence-electron chi connectivity index (χ4n) is 2.15. The maximum absolute atomic E-state index is 11.1. The molecule has 6 heteroatoms. The number of benzene rings is 3. The zero-order chi connectivity index (χ0) is 17.6. The van der Waals surface area contributed by atoms with E-state index in [-0.39, 0.29) is 5.69 Å². The molecule has 0 saturated heterocycles. The van der Waals surface area contributed by atoms with E-state index in [1.807, 2.05) is 54.6 Å². The van der Waals surface area contributed by atoms with E-state index < -0.39 is 4.92 Å². The molecule has 5 nitrogen and oxygen atoms in total. The first kappa shape index (κ1) is 17.1. The molecule has 25 heavy (non-hydrogen) atoms. The van der Waals surface area contributed by atoms with Gasteiger partial charge in [-0.15, -0.1) is 0 Å². The maximum atomic E-state index is 11.1. The summed E-state index contributed by atoms with van der Waals surface area (Å²) in [6.45, 7) is 0. The van der Waals surface area contributed by atoms with Crippen molar-refractivity contribution in [3.63, 3.8) is 0 Å². The van der Waals surface area contributed by atoms with Crippen LogP contribution in [0, 0.1) is 13.7 Å². The van der Waals surface area contributed by atoms with Crippen LogP contribution in [-0.2, 0) is 0 Å². The smallest absolute Gasteiger partial charge is 0.270 e. The second kappa shape index (κ2) is 7.89. The molecule has 0 saturated carbocycles. The number of nitro groups is 1. The highest BCUT2D eigenvalue weighted by Gasteiger charge is 2.11. The summed E-state index contributed by atoms with van der Waals surface area (Å²) in [4.78, 5) is 15.1. The van der Waals surface area contributed by atoms with E-state index in [2.05, 4.69) is 27.6 Å². The number of nitrogens with zero attached hydrogens (tertiary/aromatic N) is 2. The Hall–Kier alpha value is -2.74. The Morgan fingerprint density at radius 2 is 1.72 bits per heavy atom. The van der Waals surface area contributed by atoms with E-state index in [9.17, 15) is 10.1 Å². The summed E-state index contributed by atoms with van der Waals surface area (Å²) in [5.74, 6) is 1.16. The van der Waals surface area contributed by atoms with Crippen LogP contribution in [-0.4, -0.2) is 11.1 Å². The van der Waals surface area contributed by atoms with Crippen LogP contribution >= 0.6 is 22.6 Å². The van der Waals surface area contributed by atoms with Crippen molar-refractivity contribution in [2.45, 2.75) is 0 Å². The molecule has 0 heterocycles. The van der Waals surface area contributed by atoms with Gasteiger partial charge in [0.2, 0.25) is 0 Å². The van der Waals surface area contributed by atoms with Gasteiger partial charge >= 0.3 is 0 Å². The summed E-state index contributed by atoms with van der Waals surface area (Å²) >= 11 is 2.19. The van der Waals surface area contributed by atoms with Crippen LogP contribution in [0.15, 0.2) is 77.8 Å². The third-order valence-electron chi connectivity index (χ3n) is 3.37. The predicted octanol–water partition coefficient (Wildman–Crippen LogP) is 5.74. The van der Waals surface area contributed by atoms with Gasteiger partial charge in [0.05, 0.1) is 10.6 Å². The topological polar surface area (TPSA) is 64.7 Å². The normalized spacial score (nSPS) is 10.8. The van der Waals surface area contributed by atoms with Gasteiger partial charge in [0.1, 0.15) is 11.5 Å². The van der Waals surface area contributed by atoms with E-state index in [0.717, 1.165) is 9.26 Å².